The predicted molar refractivity (Wildman–Crippen MR) is 150 cm³/mol. The molecule has 0 radical (unpaired) electrons. The minimum atomic E-state index is 0.525. The van der Waals surface area contributed by atoms with Crippen LogP contribution in [-0.4, -0.2) is 5.78 Å². The zero-order valence-corrected chi connectivity index (χ0v) is 23.4. The van der Waals surface area contributed by atoms with Crippen LogP contribution in [-0.2, 0) is 4.79 Å². The van der Waals surface area contributed by atoms with Gasteiger partial charge in [0.05, 0.1) is 0 Å². The number of carbonyl (C=O) groups is 1. The highest BCUT2D eigenvalue weighted by atomic mass is 16.1. The molecule has 33 heavy (non-hydrogen) atoms. The van der Waals surface area contributed by atoms with E-state index in [1.165, 1.54) is 161 Å². The fourth-order valence-corrected chi connectivity index (χ4v) is 4.98. The molecule has 0 fully saturated rings. The van der Waals surface area contributed by atoms with Gasteiger partial charge in [0.15, 0.2) is 0 Å². The Hall–Kier alpha value is -0.330. The van der Waals surface area contributed by atoms with Crippen molar-refractivity contribution in [1.29, 1.82) is 0 Å². The molecule has 0 bridgehead atoms. The fourth-order valence-electron chi connectivity index (χ4n) is 4.98. The Morgan fingerprint density at radius 3 is 0.697 bits per heavy atom. The third-order valence-corrected chi connectivity index (χ3v) is 7.37. The fraction of sp³-hybridized carbons (Fsp3) is 0.969. The van der Waals surface area contributed by atoms with Gasteiger partial charge in [-0.3, -0.25) is 4.79 Å². The molecule has 0 spiro atoms. The second-order valence-electron chi connectivity index (χ2n) is 10.9. The van der Waals surface area contributed by atoms with Crippen molar-refractivity contribution in [3.8, 4) is 0 Å². The number of ketones is 1. The molecule has 0 unspecified atom stereocenters. The van der Waals surface area contributed by atoms with Crippen LogP contribution in [0.5, 0.6) is 0 Å². The van der Waals surface area contributed by atoms with Gasteiger partial charge in [-0.1, -0.05) is 174 Å². The van der Waals surface area contributed by atoms with Crippen molar-refractivity contribution in [2.24, 2.45) is 0 Å². The highest BCUT2D eigenvalue weighted by molar-refractivity contribution is 5.78. The van der Waals surface area contributed by atoms with Crippen LogP contribution in [0.3, 0.4) is 0 Å². The maximum atomic E-state index is 12.1. The topological polar surface area (TPSA) is 17.1 Å². The van der Waals surface area contributed by atoms with Crippen LogP contribution in [0.4, 0.5) is 0 Å². The minimum Gasteiger partial charge on any atom is -0.300 e. The summed E-state index contributed by atoms with van der Waals surface area (Å²) in [6.45, 7) is 4.58. The van der Waals surface area contributed by atoms with E-state index in [-0.39, 0.29) is 0 Å². The molecule has 0 aromatic heterocycles. The first-order chi connectivity index (χ1) is 16.3. The second-order valence-corrected chi connectivity index (χ2v) is 10.9. The molecule has 0 aliphatic heterocycles. The number of hydrogen-bond acceptors (Lipinski definition) is 1. The molecule has 0 saturated carbocycles. The van der Waals surface area contributed by atoms with Gasteiger partial charge in [-0.25, -0.2) is 0 Å². The third kappa shape index (κ3) is 29.6. The van der Waals surface area contributed by atoms with Gasteiger partial charge in [0.2, 0.25) is 0 Å². The summed E-state index contributed by atoms with van der Waals surface area (Å²) in [7, 11) is 0. The van der Waals surface area contributed by atoms with E-state index in [1.807, 2.05) is 0 Å². The van der Waals surface area contributed by atoms with E-state index in [9.17, 15) is 4.79 Å². The van der Waals surface area contributed by atoms with E-state index in [0.717, 1.165) is 25.7 Å². The summed E-state index contributed by atoms with van der Waals surface area (Å²) in [6, 6.07) is 0. The maximum absolute atomic E-state index is 12.1. The molecule has 0 atom stereocenters. The molecule has 0 aliphatic carbocycles. The number of rotatable bonds is 29. The third-order valence-electron chi connectivity index (χ3n) is 7.37. The molecule has 1 heteroatoms. The second kappa shape index (κ2) is 29.7. The monoisotopic (exact) mass is 464 g/mol. The van der Waals surface area contributed by atoms with Gasteiger partial charge in [0.25, 0.3) is 0 Å². The molecule has 0 aromatic rings. The van der Waals surface area contributed by atoms with Crippen molar-refractivity contribution >= 4 is 5.78 Å². The summed E-state index contributed by atoms with van der Waals surface area (Å²) in [5, 5.41) is 0. The lowest BCUT2D eigenvalue weighted by Gasteiger charge is -2.04. The normalized spacial score (nSPS) is 11.3. The minimum absolute atomic E-state index is 0.525. The Morgan fingerprint density at radius 2 is 0.485 bits per heavy atom. The Bertz CT molecular complexity index is 362. The Kier molecular flexibility index (Phi) is 29.4. The first-order valence-corrected chi connectivity index (χ1v) is 15.8. The van der Waals surface area contributed by atoms with Crippen molar-refractivity contribution in [1.82, 2.24) is 0 Å². The molecular formula is C32H64O. The molecule has 0 heterocycles. The van der Waals surface area contributed by atoms with Crippen LogP contribution in [0.25, 0.3) is 0 Å². The summed E-state index contributed by atoms with van der Waals surface area (Å²) in [6.07, 6.45) is 39.0. The lowest BCUT2D eigenvalue weighted by Crippen LogP contribution is -1.97. The van der Waals surface area contributed by atoms with Gasteiger partial charge < -0.3 is 0 Å². The number of Topliss-reactive ketones (excluding diaryl/α,β-unsaturated/α-hetero) is 1. The first-order valence-electron chi connectivity index (χ1n) is 15.8. The number of hydrogen-bond donors (Lipinski definition) is 0. The average Bonchev–Trinajstić information content (AvgIpc) is 2.82. The lowest BCUT2D eigenvalue weighted by atomic mass is 10.0. The molecule has 1 nitrogen and oxygen atoms in total. The van der Waals surface area contributed by atoms with Gasteiger partial charge in [-0.05, 0) is 12.8 Å². The summed E-state index contributed by atoms with van der Waals surface area (Å²) in [5.74, 6) is 0.525. The van der Waals surface area contributed by atoms with E-state index in [1.54, 1.807) is 0 Å². The van der Waals surface area contributed by atoms with Crippen LogP contribution in [0.15, 0.2) is 0 Å². The summed E-state index contributed by atoms with van der Waals surface area (Å²) < 4.78 is 0. The quantitative estimate of drug-likeness (QED) is 0.101. The standard InChI is InChI=1S/C32H64O/c1-3-5-7-9-11-13-15-17-18-19-21-23-25-27-29-31-32(33)30-28-26-24-22-20-16-14-12-10-8-6-4-2/h3-31H2,1-2H3. The molecule has 0 rings (SSSR count). The summed E-state index contributed by atoms with van der Waals surface area (Å²) >= 11 is 0. The Balaban J connectivity index is 3.13. The van der Waals surface area contributed by atoms with Gasteiger partial charge >= 0.3 is 0 Å². The predicted octanol–water partition coefficient (Wildman–Crippen LogP) is 11.9. The van der Waals surface area contributed by atoms with Gasteiger partial charge in [0.1, 0.15) is 5.78 Å². The molecule has 198 valence electrons. The highest BCUT2D eigenvalue weighted by Gasteiger charge is 2.02. The summed E-state index contributed by atoms with van der Waals surface area (Å²) in [4.78, 5) is 12.1. The van der Waals surface area contributed by atoms with Crippen LogP contribution >= 0.6 is 0 Å². The van der Waals surface area contributed by atoms with E-state index in [0.29, 0.717) is 5.78 Å². The molecule has 0 N–H and O–H groups in total. The Labute approximate surface area is 210 Å². The van der Waals surface area contributed by atoms with Gasteiger partial charge in [-0.2, -0.15) is 0 Å². The largest absolute Gasteiger partial charge is 0.300 e. The SMILES string of the molecule is CCCCCCCCCCCCCCCCCC(=O)CCCCCCCCCCCCCC. The van der Waals surface area contributed by atoms with Crippen LogP contribution in [0.2, 0.25) is 0 Å². The van der Waals surface area contributed by atoms with Crippen molar-refractivity contribution in [2.75, 3.05) is 0 Å². The molecule has 0 saturated heterocycles. The zero-order valence-electron chi connectivity index (χ0n) is 23.4. The van der Waals surface area contributed by atoms with Crippen molar-refractivity contribution < 1.29 is 4.79 Å². The Morgan fingerprint density at radius 1 is 0.303 bits per heavy atom. The number of carbonyl (C=O) groups excluding carboxylic acids is 1. The average molecular weight is 465 g/mol. The molecular weight excluding hydrogens is 400 g/mol. The smallest absolute Gasteiger partial charge is 0.132 e. The molecule has 0 aromatic carbocycles. The van der Waals surface area contributed by atoms with E-state index >= 15 is 0 Å². The highest BCUT2D eigenvalue weighted by Crippen LogP contribution is 2.15. The zero-order chi connectivity index (χ0) is 24.1. The van der Waals surface area contributed by atoms with Gasteiger partial charge in [0, 0.05) is 12.8 Å². The van der Waals surface area contributed by atoms with E-state index in [4.69, 9.17) is 0 Å². The van der Waals surface area contributed by atoms with E-state index < -0.39 is 0 Å². The van der Waals surface area contributed by atoms with Crippen LogP contribution in [0.1, 0.15) is 200 Å². The molecule has 0 aliphatic rings. The van der Waals surface area contributed by atoms with E-state index in [2.05, 4.69) is 13.8 Å². The molecule has 0 amide bonds. The first kappa shape index (κ1) is 32.7. The van der Waals surface area contributed by atoms with Crippen LogP contribution in [0, 0.1) is 0 Å². The van der Waals surface area contributed by atoms with Gasteiger partial charge in [-0.15, -0.1) is 0 Å². The lowest BCUT2D eigenvalue weighted by molar-refractivity contribution is -0.119. The van der Waals surface area contributed by atoms with Crippen LogP contribution < -0.4 is 0 Å². The number of unbranched alkanes of at least 4 members (excludes halogenated alkanes) is 25. The van der Waals surface area contributed by atoms with Crippen molar-refractivity contribution in [3.05, 3.63) is 0 Å². The van der Waals surface area contributed by atoms with Crippen molar-refractivity contribution in [2.45, 2.75) is 200 Å². The van der Waals surface area contributed by atoms with Crippen molar-refractivity contribution in [3.63, 3.8) is 0 Å². The maximum Gasteiger partial charge on any atom is 0.132 e. The summed E-state index contributed by atoms with van der Waals surface area (Å²) in [5.41, 5.74) is 0.